The highest BCUT2D eigenvalue weighted by Gasteiger charge is 2.36. The van der Waals surface area contributed by atoms with E-state index in [1.54, 1.807) is 6.33 Å². The fraction of sp³-hybridized carbons (Fsp3) is 0.231. The Hall–Kier alpha value is -4.00. The van der Waals surface area contributed by atoms with E-state index in [0.717, 1.165) is 34.3 Å². The Morgan fingerprint density at radius 1 is 0.939 bits per heavy atom. The lowest BCUT2D eigenvalue weighted by Crippen LogP contribution is -2.55. The van der Waals surface area contributed by atoms with Crippen LogP contribution in [-0.4, -0.2) is 38.7 Å². The number of hydrogen-bond donors (Lipinski definition) is 0. The maximum absolute atomic E-state index is 13.5. The highest BCUT2D eigenvalue weighted by atomic mass is 16.2. The van der Waals surface area contributed by atoms with Crippen LogP contribution >= 0.6 is 0 Å². The number of hydrogen-bond acceptors (Lipinski definition) is 5. The van der Waals surface area contributed by atoms with Gasteiger partial charge in [0.25, 0.3) is 0 Å². The summed E-state index contributed by atoms with van der Waals surface area (Å²) in [7, 11) is 0. The van der Waals surface area contributed by atoms with Gasteiger partial charge >= 0.3 is 0 Å². The molecule has 0 radical (unpaired) electrons. The lowest BCUT2D eigenvalue weighted by atomic mass is 9.97. The number of amides is 1. The van der Waals surface area contributed by atoms with Crippen LogP contribution in [0.3, 0.4) is 0 Å². The molecule has 2 aromatic carbocycles. The molecule has 1 saturated heterocycles. The fourth-order valence-corrected chi connectivity index (χ4v) is 4.20. The van der Waals surface area contributed by atoms with Crippen molar-refractivity contribution in [1.82, 2.24) is 19.7 Å². The summed E-state index contributed by atoms with van der Waals surface area (Å²) in [6, 6.07) is 23.9. The Balaban J connectivity index is 1.32. The van der Waals surface area contributed by atoms with Gasteiger partial charge in [-0.3, -0.25) is 4.79 Å². The molecule has 0 bridgehead atoms. The van der Waals surface area contributed by atoms with Gasteiger partial charge in [0, 0.05) is 30.5 Å². The normalized spacial score (nSPS) is 13.6. The van der Waals surface area contributed by atoms with Crippen LogP contribution in [0.5, 0.6) is 0 Å². The van der Waals surface area contributed by atoms with Crippen LogP contribution in [-0.2, 0) is 11.3 Å². The zero-order valence-electron chi connectivity index (χ0n) is 18.8. The van der Waals surface area contributed by atoms with Crippen molar-refractivity contribution < 1.29 is 4.79 Å². The number of anilines is 2. The third kappa shape index (κ3) is 4.35. The lowest BCUT2D eigenvalue weighted by molar-refractivity contribution is -0.123. The minimum Gasteiger partial charge on any atom is -0.355 e. The number of benzene rings is 2. The van der Waals surface area contributed by atoms with Crippen LogP contribution < -0.4 is 9.80 Å². The van der Waals surface area contributed by atoms with E-state index in [-0.39, 0.29) is 11.8 Å². The van der Waals surface area contributed by atoms with E-state index in [2.05, 4.69) is 32.1 Å². The van der Waals surface area contributed by atoms with Gasteiger partial charge < -0.3 is 9.80 Å². The molecule has 1 aliphatic rings. The molecule has 0 saturated carbocycles. The number of carbonyl (C=O) groups excluding carboxylic acids is 1. The zero-order chi connectivity index (χ0) is 22.8. The molecular formula is C26H26N6O. The molecular weight excluding hydrogens is 412 g/mol. The van der Waals surface area contributed by atoms with E-state index in [4.69, 9.17) is 0 Å². The quantitative estimate of drug-likeness (QED) is 0.456. The van der Waals surface area contributed by atoms with E-state index in [9.17, 15) is 4.79 Å². The summed E-state index contributed by atoms with van der Waals surface area (Å²) < 4.78 is 1.82. The molecule has 0 spiro atoms. The standard InChI is InChI=1S/C26H26N6O/c1-19-13-20(2)32(29-19)25-14-24(27-18-28-25)30-16-22(17-30)26(33)31(23-11-7-4-8-12-23)15-21-9-5-3-6-10-21/h3-14,18,22H,15-17H2,1-2H3. The molecule has 4 aromatic rings. The lowest BCUT2D eigenvalue weighted by Gasteiger charge is -2.41. The first kappa shape index (κ1) is 20.9. The van der Waals surface area contributed by atoms with Gasteiger partial charge in [-0.2, -0.15) is 5.10 Å². The Kier molecular flexibility index (Phi) is 5.60. The number of nitrogens with zero attached hydrogens (tertiary/aromatic N) is 6. The van der Waals surface area contributed by atoms with Gasteiger partial charge in [0.05, 0.1) is 18.2 Å². The molecule has 1 fully saturated rings. The number of carbonyl (C=O) groups is 1. The maximum atomic E-state index is 13.5. The molecule has 1 aliphatic heterocycles. The molecule has 2 aromatic heterocycles. The summed E-state index contributed by atoms with van der Waals surface area (Å²) in [5.41, 5.74) is 3.99. The van der Waals surface area contributed by atoms with E-state index < -0.39 is 0 Å². The first-order valence-corrected chi connectivity index (χ1v) is 11.1. The summed E-state index contributed by atoms with van der Waals surface area (Å²) in [4.78, 5) is 26.3. The van der Waals surface area contributed by atoms with Gasteiger partial charge in [0.1, 0.15) is 12.1 Å². The molecule has 3 heterocycles. The summed E-state index contributed by atoms with van der Waals surface area (Å²) in [5, 5.41) is 4.51. The van der Waals surface area contributed by atoms with Gasteiger partial charge in [0.2, 0.25) is 5.91 Å². The van der Waals surface area contributed by atoms with Crippen molar-refractivity contribution in [3.63, 3.8) is 0 Å². The first-order valence-electron chi connectivity index (χ1n) is 11.1. The molecule has 33 heavy (non-hydrogen) atoms. The highest BCUT2D eigenvalue weighted by molar-refractivity contribution is 5.96. The highest BCUT2D eigenvalue weighted by Crippen LogP contribution is 2.28. The SMILES string of the molecule is Cc1cc(C)n(-c2cc(N3CC(C(=O)N(Cc4ccccc4)c4ccccc4)C3)ncn2)n1. The number of aryl methyl sites for hydroxylation is 2. The van der Waals surface area contributed by atoms with Crippen LogP contribution in [0.15, 0.2) is 79.1 Å². The minimum atomic E-state index is -0.0824. The van der Waals surface area contributed by atoms with Crippen molar-refractivity contribution in [2.45, 2.75) is 20.4 Å². The molecule has 1 amide bonds. The van der Waals surface area contributed by atoms with Gasteiger partial charge in [-0.25, -0.2) is 14.6 Å². The molecule has 0 N–H and O–H groups in total. The number of para-hydroxylation sites is 1. The molecule has 0 unspecified atom stereocenters. The fourth-order valence-electron chi connectivity index (χ4n) is 4.20. The average molecular weight is 439 g/mol. The van der Waals surface area contributed by atoms with Crippen LogP contribution in [0.2, 0.25) is 0 Å². The van der Waals surface area contributed by atoms with Crippen molar-refractivity contribution in [3.8, 4) is 5.82 Å². The Labute approximate surface area is 193 Å². The van der Waals surface area contributed by atoms with Gasteiger partial charge in [-0.15, -0.1) is 0 Å². The Bertz CT molecular complexity index is 1250. The first-order chi connectivity index (χ1) is 16.1. The van der Waals surface area contributed by atoms with Crippen molar-refractivity contribution in [2.24, 2.45) is 5.92 Å². The van der Waals surface area contributed by atoms with Crippen molar-refractivity contribution in [1.29, 1.82) is 0 Å². The smallest absolute Gasteiger partial charge is 0.233 e. The summed E-state index contributed by atoms with van der Waals surface area (Å²) in [5.74, 6) is 1.59. The van der Waals surface area contributed by atoms with E-state index in [0.29, 0.717) is 19.6 Å². The predicted molar refractivity (Wildman–Crippen MR) is 128 cm³/mol. The van der Waals surface area contributed by atoms with Crippen LogP contribution in [0.1, 0.15) is 17.0 Å². The Morgan fingerprint density at radius 2 is 1.61 bits per heavy atom. The molecule has 0 atom stereocenters. The van der Waals surface area contributed by atoms with Crippen LogP contribution in [0.25, 0.3) is 5.82 Å². The number of aromatic nitrogens is 4. The second kappa shape index (κ2) is 8.86. The monoisotopic (exact) mass is 438 g/mol. The van der Waals surface area contributed by atoms with Crippen LogP contribution in [0, 0.1) is 19.8 Å². The van der Waals surface area contributed by atoms with Crippen LogP contribution in [0.4, 0.5) is 11.5 Å². The topological polar surface area (TPSA) is 67.2 Å². The minimum absolute atomic E-state index is 0.0824. The van der Waals surface area contributed by atoms with Gasteiger partial charge in [-0.05, 0) is 37.6 Å². The van der Waals surface area contributed by atoms with E-state index in [1.165, 1.54) is 0 Å². The zero-order valence-corrected chi connectivity index (χ0v) is 18.8. The van der Waals surface area contributed by atoms with Gasteiger partial charge in [-0.1, -0.05) is 48.5 Å². The molecule has 7 heteroatoms. The average Bonchev–Trinajstić information content (AvgIpc) is 3.16. The summed E-state index contributed by atoms with van der Waals surface area (Å²) >= 11 is 0. The Morgan fingerprint density at radius 3 is 2.27 bits per heavy atom. The maximum Gasteiger partial charge on any atom is 0.233 e. The third-order valence-electron chi connectivity index (χ3n) is 5.94. The third-order valence-corrected chi connectivity index (χ3v) is 5.94. The largest absolute Gasteiger partial charge is 0.355 e. The van der Waals surface area contributed by atoms with Crippen molar-refractivity contribution >= 4 is 17.4 Å². The molecule has 5 rings (SSSR count). The van der Waals surface area contributed by atoms with Crippen molar-refractivity contribution in [2.75, 3.05) is 22.9 Å². The molecule has 166 valence electrons. The molecule has 0 aliphatic carbocycles. The summed E-state index contributed by atoms with van der Waals surface area (Å²) in [6.07, 6.45) is 1.56. The van der Waals surface area contributed by atoms with Crippen molar-refractivity contribution in [3.05, 3.63) is 96.1 Å². The summed E-state index contributed by atoms with van der Waals surface area (Å²) in [6.45, 7) is 5.78. The van der Waals surface area contributed by atoms with E-state index in [1.807, 2.05) is 84.1 Å². The predicted octanol–water partition coefficient (Wildman–Crippen LogP) is 3.95. The number of rotatable bonds is 6. The second-order valence-electron chi connectivity index (χ2n) is 8.42. The van der Waals surface area contributed by atoms with Gasteiger partial charge in [0.15, 0.2) is 5.82 Å². The molecule has 7 nitrogen and oxygen atoms in total. The van der Waals surface area contributed by atoms with E-state index >= 15 is 0 Å². The second-order valence-corrected chi connectivity index (χ2v) is 8.42.